The predicted octanol–water partition coefficient (Wildman–Crippen LogP) is 0.857. The summed E-state index contributed by atoms with van der Waals surface area (Å²) in [6.45, 7) is 2.52. The largest absolute Gasteiger partial charge is 0.483 e. The highest BCUT2D eigenvalue weighted by molar-refractivity contribution is 5.77. The van der Waals surface area contributed by atoms with Crippen LogP contribution in [0.3, 0.4) is 0 Å². The Morgan fingerprint density at radius 1 is 1.50 bits per heavy atom. The standard InChI is InChI=1S/C14H21FN2O3/c1-10(8-19-2)17-14(18)9-20-13-4-3-12(15)7-11(13)5-6-16/h3-4,7,10H,5-6,8-9,16H2,1-2H3,(H,17,18). The van der Waals surface area contributed by atoms with E-state index in [0.29, 0.717) is 30.9 Å². The van der Waals surface area contributed by atoms with E-state index < -0.39 is 0 Å². The maximum Gasteiger partial charge on any atom is 0.258 e. The zero-order valence-corrected chi connectivity index (χ0v) is 11.8. The van der Waals surface area contributed by atoms with Crippen molar-refractivity contribution in [3.63, 3.8) is 0 Å². The number of rotatable bonds is 8. The van der Waals surface area contributed by atoms with Crippen molar-refractivity contribution >= 4 is 5.91 Å². The number of nitrogens with one attached hydrogen (secondary N) is 1. The zero-order valence-electron chi connectivity index (χ0n) is 11.8. The van der Waals surface area contributed by atoms with Crippen molar-refractivity contribution in [2.24, 2.45) is 5.73 Å². The molecule has 112 valence electrons. The highest BCUT2D eigenvalue weighted by Gasteiger charge is 2.10. The molecule has 5 nitrogen and oxygen atoms in total. The fourth-order valence-corrected chi connectivity index (χ4v) is 1.79. The van der Waals surface area contributed by atoms with E-state index in [-0.39, 0.29) is 24.4 Å². The molecule has 1 atom stereocenters. The molecule has 0 bridgehead atoms. The molecule has 0 aliphatic carbocycles. The molecule has 0 aliphatic rings. The van der Waals surface area contributed by atoms with Gasteiger partial charge in [-0.25, -0.2) is 4.39 Å². The summed E-state index contributed by atoms with van der Waals surface area (Å²) in [7, 11) is 1.57. The Morgan fingerprint density at radius 3 is 2.90 bits per heavy atom. The Morgan fingerprint density at radius 2 is 2.25 bits per heavy atom. The van der Waals surface area contributed by atoms with Gasteiger partial charge in [-0.05, 0) is 43.7 Å². The van der Waals surface area contributed by atoms with Crippen molar-refractivity contribution in [1.82, 2.24) is 5.32 Å². The Kier molecular flexibility index (Phi) is 6.97. The molecule has 0 saturated heterocycles. The van der Waals surface area contributed by atoms with Crippen LogP contribution >= 0.6 is 0 Å². The van der Waals surface area contributed by atoms with Crippen LogP contribution in [0.15, 0.2) is 18.2 Å². The summed E-state index contributed by atoms with van der Waals surface area (Å²) in [4.78, 5) is 11.6. The quantitative estimate of drug-likeness (QED) is 0.742. The second kappa shape index (κ2) is 8.50. The van der Waals surface area contributed by atoms with Crippen molar-refractivity contribution in [2.75, 3.05) is 26.9 Å². The molecule has 0 aliphatic heterocycles. The van der Waals surface area contributed by atoms with Crippen LogP contribution in [0.1, 0.15) is 12.5 Å². The third-order valence-electron chi connectivity index (χ3n) is 2.62. The summed E-state index contributed by atoms with van der Waals surface area (Å²) in [5, 5.41) is 2.73. The lowest BCUT2D eigenvalue weighted by Crippen LogP contribution is -2.38. The third-order valence-corrected chi connectivity index (χ3v) is 2.62. The molecule has 1 amide bonds. The van der Waals surface area contributed by atoms with Crippen LogP contribution in [-0.4, -0.2) is 38.8 Å². The summed E-state index contributed by atoms with van der Waals surface area (Å²) in [6.07, 6.45) is 0.495. The third kappa shape index (κ3) is 5.54. The topological polar surface area (TPSA) is 73.6 Å². The number of hydrogen-bond donors (Lipinski definition) is 2. The lowest BCUT2D eigenvalue weighted by molar-refractivity contribution is -0.124. The van der Waals surface area contributed by atoms with Crippen molar-refractivity contribution in [3.8, 4) is 5.75 Å². The Bertz CT molecular complexity index is 440. The van der Waals surface area contributed by atoms with E-state index in [9.17, 15) is 9.18 Å². The number of methoxy groups -OCH3 is 1. The summed E-state index contributed by atoms with van der Waals surface area (Å²) >= 11 is 0. The van der Waals surface area contributed by atoms with Gasteiger partial charge in [-0.15, -0.1) is 0 Å². The van der Waals surface area contributed by atoms with Crippen LogP contribution in [0, 0.1) is 5.82 Å². The molecule has 3 N–H and O–H groups in total. The van der Waals surface area contributed by atoms with Crippen LogP contribution < -0.4 is 15.8 Å². The van der Waals surface area contributed by atoms with E-state index in [0.717, 1.165) is 0 Å². The average molecular weight is 284 g/mol. The van der Waals surface area contributed by atoms with Gasteiger partial charge in [0.2, 0.25) is 0 Å². The van der Waals surface area contributed by atoms with E-state index in [1.807, 2.05) is 6.92 Å². The number of amides is 1. The number of halogens is 1. The summed E-state index contributed by atoms with van der Waals surface area (Å²) < 4.78 is 23.5. The maximum absolute atomic E-state index is 13.1. The Hall–Kier alpha value is -1.66. The van der Waals surface area contributed by atoms with Crippen molar-refractivity contribution < 1.29 is 18.7 Å². The van der Waals surface area contributed by atoms with Gasteiger partial charge in [-0.3, -0.25) is 4.79 Å². The van der Waals surface area contributed by atoms with E-state index in [2.05, 4.69) is 5.32 Å². The molecule has 0 heterocycles. The molecule has 0 spiro atoms. The van der Waals surface area contributed by atoms with E-state index >= 15 is 0 Å². The molecule has 1 unspecified atom stereocenters. The van der Waals surface area contributed by atoms with Crippen LogP contribution in [0.25, 0.3) is 0 Å². The first-order chi connectivity index (χ1) is 9.56. The molecule has 0 aromatic heterocycles. The van der Waals surface area contributed by atoms with Gasteiger partial charge in [-0.1, -0.05) is 0 Å². The van der Waals surface area contributed by atoms with Gasteiger partial charge in [0.1, 0.15) is 11.6 Å². The first-order valence-corrected chi connectivity index (χ1v) is 6.46. The van der Waals surface area contributed by atoms with E-state index in [4.69, 9.17) is 15.2 Å². The molecule has 1 aromatic rings. The fraction of sp³-hybridized carbons (Fsp3) is 0.500. The SMILES string of the molecule is COCC(C)NC(=O)COc1ccc(F)cc1CCN. The van der Waals surface area contributed by atoms with E-state index in [1.54, 1.807) is 7.11 Å². The lowest BCUT2D eigenvalue weighted by Gasteiger charge is -2.14. The van der Waals surface area contributed by atoms with Crippen LogP contribution in [0.2, 0.25) is 0 Å². The van der Waals surface area contributed by atoms with Gasteiger partial charge in [0, 0.05) is 13.2 Å². The Balaban J connectivity index is 2.54. The molecule has 0 radical (unpaired) electrons. The van der Waals surface area contributed by atoms with Crippen LogP contribution in [0.4, 0.5) is 4.39 Å². The first-order valence-electron chi connectivity index (χ1n) is 6.46. The van der Waals surface area contributed by atoms with Gasteiger partial charge in [-0.2, -0.15) is 0 Å². The van der Waals surface area contributed by atoms with Gasteiger partial charge in [0.05, 0.1) is 6.61 Å². The van der Waals surface area contributed by atoms with Crippen molar-refractivity contribution in [3.05, 3.63) is 29.6 Å². The summed E-state index contributed by atoms with van der Waals surface area (Å²) in [6, 6.07) is 4.08. The van der Waals surface area contributed by atoms with Crippen molar-refractivity contribution in [2.45, 2.75) is 19.4 Å². The molecular formula is C14H21FN2O3. The van der Waals surface area contributed by atoms with Crippen LogP contribution in [-0.2, 0) is 16.0 Å². The number of benzene rings is 1. The highest BCUT2D eigenvalue weighted by atomic mass is 19.1. The van der Waals surface area contributed by atoms with Gasteiger partial charge < -0.3 is 20.5 Å². The Labute approximate surface area is 118 Å². The van der Waals surface area contributed by atoms with Gasteiger partial charge in [0.25, 0.3) is 5.91 Å². The maximum atomic E-state index is 13.1. The number of carbonyl (C=O) groups is 1. The smallest absolute Gasteiger partial charge is 0.258 e. The minimum absolute atomic E-state index is 0.0900. The molecule has 1 rings (SSSR count). The van der Waals surface area contributed by atoms with Crippen LogP contribution in [0.5, 0.6) is 5.75 Å². The molecule has 0 fully saturated rings. The monoisotopic (exact) mass is 284 g/mol. The lowest BCUT2D eigenvalue weighted by atomic mass is 10.1. The van der Waals surface area contributed by atoms with Gasteiger partial charge in [0.15, 0.2) is 6.61 Å². The normalized spacial score (nSPS) is 12.0. The minimum atomic E-state index is -0.348. The van der Waals surface area contributed by atoms with Gasteiger partial charge >= 0.3 is 0 Å². The second-order valence-corrected chi connectivity index (χ2v) is 4.50. The molecular weight excluding hydrogens is 263 g/mol. The van der Waals surface area contributed by atoms with Crippen molar-refractivity contribution in [1.29, 1.82) is 0 Å². The number of ether oxygens (including phenoxy) is 2. The summed E-state index contributed by atoms with van der Waals surface area (Å²) in [5.74, 6) is -0.122. The number of carbonyl (C=O) groups excluding carboxylic acids is 1. The minimum Gasteiger partial charge on any atom is -0.483 e. The second-order valence-electron chi connectivity index (χ2n) is 4.50. The zero-order chi connectivity index (χ0) is 15.0. The molecule has 1 aromatic carbocycles. The summed E-state index contributed by atoms with van der Waals surface area (Å²) in [5.41, 5.74) is 6.12. The molecule has 20 heavy (non-hydrogen) atoms. The highest BCUT2D eigenvalue weighted by Crippen LogP contribution is 2.19. The first kappa shape index (κ1) is 16.4. The molecule has 6 heteroatoms. The van der Waals surface area contributed by atoms with E-state index in [1.165, 1.54) is 18.2 Å². The predicted molar refractivity (Wildman–Crippen MR) is 74.1 cm³/mol. The molecule has 0 saturated carbocycles. The fourth-order valence-electron chi connectivity index (χ4n) is 1.79. The number of hydrogen-bond acceptors (Lipinski definition) is 4. The number of nitrogens with two attached hydrogens (primary N) is 1. The average Bonchev–Trinajstić information content (AvgIpc) is 2.38.